The highest BCUT2D eigenvalue weighted by Gasteiger charge is 2.34. The van der Waals surface area contributed by atoms with Crippen molar-refractivity contribution in [3.05, 3.63) is 17.8 Å². The summed E-state index contributed by atoms with van der Waals surface area (Å²) in [4.78, 5) is 28.8. The molecule has 7 heteroatoms. The SMILES string of the molecule is CCOc1ccc2c(n1)C(=O)C(C(=O)NCCCOC)CN2. The third kappa shape index (κ3) is 3.73. The average molecular weight is 307 g/mol. The zero-order chi connectivity index (χ0) is 15.9. The molecule has 0 spiro atoms. The van der Waals surface area contributed by atoms with Crippen LogP contribution in [-0.2, 0) is 9.53 Å². The smallest absolute Gasteiger partial charge is 0.232 e. The van der Waals surface area contributed by atoms with Crippen LogP contribution in [0.1, 0.15) is 23.8 Å². The zero-order valence-electron chi connectivity index (χ0n) is 12.8. The number of rotatable bonds is 7. The van der Waals surface area contributed by atoms with Crippen LogP contribution in [0.5, 0.6) is 5.88 Å². The molecule has 0 saturated heterocycles. The number of carbonyl (C=O) groups is 2. The van der Waals surface area contributed by atoms with E-state index in [1.54, 1.807) is 19.2 Å². The number of amides is 1. The molecule has 0 saturated carbocycles. The van der Waals surface area contributed by atoms with E-state index in [9.17, 15) is 9.59 Å². The van der Waals surface area contributed by atoms with Crippen LogP contribution in [0.4, 0.5) is 5.69 Å². The van der Waals surface area contributed by atoms with Gasteiger partial charge in [-0.1, -0.05) is 0 Å². The van der Waals surface area contributed by atoms with E-state index in [1.807, 2.05) is 6.92 Å². The van der Waals surface area contributed by atoms with Gasteiger partial charge in [-0.05, 0) is 19.4 Å². The normalized spacial score (nSPS) is 16.6. The van der Waals surface area contributed by atoms with Crippen molar-refractivity contribution >= 4 is 17.4 Å². The molecule has 2 N–H and O–H groups in total. The summed E-state index contributed by atoms with van der Waals surface area (Å²) in [6.07, 6.45) is 0.708. The first-order chi connectivity index (χ1) is 10.7. The summed E-state index contributed by atoms with van der Waals surface area (Å²) in [7, 11) is 1.61. The third-order valence-corrected chi connectivity index (χ3v) is 3.35. The highest BCUT2D eigenvalue weighted by Crippen LogP contribution is 2.25. The van der Waals surface area contributed by atoms with Gasteiger partial charge in [-0.25, -0.2) is 4.98 Å². The molecule has 1 unspecified atom stereocenters. The Balaban J connectivity index is 2.03. The molecular weight excluding hydrogens is 286 g/mol. The van der Waals surface area contributed by atoms with E-state index in [-0.39, 0.29) is 23.9 Å². The molecule has 1 aromatic rings. The second-order valence-corrected chi connectivity index (χ2v) is 4.91. The van der Waals surface area contributed by atoms with Crippen LogP contribution >= 0.6 is 0 Å². The number of ether oxygens (including phenoxy) is 2. The molecule has 1 aliphatic heterocycles. The number of hydrogen-bond donors (Lipinski definition) is 2. The number of nitrogens with one attached hydrogen (secondary N) is 2. The fourth-order valence-corrected chi connectivity index (χ4v) is 2.23. The summed E-state index contributed by atoms with van der Waals surface area (Å²) in [6.45, 7) is 3.64. The number of hydrogen-bond acceptors (Lipinski definition) is 6. The monoisotopic (exact) mass is 307 g/mol. The van der Waals surface area contributed by atoms with E-state index in [4.69, 9.17) is 9.47 Å². The van der Waals surface area contributed by atoms with Crippen molar-refractivity contribution in [1.29, 1.82) is 0 Å². The van der Waals surface area contributed by atoms with Gasteiger partial charge in [0, 0.05) is 32.9 Å². The molecule has 0 aliphatic carbocycles. The maximum atomic E-state index is 12.5. The Bertz CT molecular complexity index is 548. The van der Waals surface area contributed by atoms with Crippen molar-refractivity contribution in [3.8, 4) is 5.88 Å². The van der Waals surface area contributed by atoms with E-state index in [1.165, 1.54) is 0 Å². The van der Waals surface area contributed by atoms with E-state index in [0.29, 0.717) is 37.7 Å². The second kappa shape index (κ2) is 7.74. The minimum atomic E-state index is -0.764. The number of carbonyl (C=O) groups excluding carboxylic acids is 2. The van der Waals surface area contributed by atoms with Crippen LogP contribution in [0, 0.1) is 5.92 Å². The van der Waals surface area contributed by atoms with E-state index >= 15 is 0 Å². The Morgan fingerprint density at radius 1 is 1.50 bits per heavy atom. The molecule has 2 rings (SSSR count). The minimum absolute atomic E-state index is 0.259. The highest BCUT2D eigenvalue weighted by atomic mass is 16.5. The Labute approximate surface area is 129 Å². The van der Waals surface area contributed by atoms with Crippen molar-refractivity contribution in [3.63, 3.8) is 0 Å². The van der Waals surface area contributed by atoms with Crippen molar-refractivity contribution in [2.45, 2.75) is 13.3 Å². The van der Waals surface area contributed by atoms with Gasteiger partial charge in [-0.3, -0.25) is 9.59 Å². The van der Waals surface area contributed by atoms with Crippen LogP contribution in [0.15, 0.2) is 12.1 Å². The predicted octanol–water partition coefficient (Wildman–Crippen LogP) is 0.857. The van der Waals surface area contributed by atoms with Crippen molar-refractivity contribution in [2.24, 2.45) is 5.92 Å². The summed E-state index contributed by atoms with van der Waals surface area (Å²) in [5.41, 5.74) is 0.895. The Morgan fingerprint density at radius 2 is 2.32 bits per heavy atom. The first kappa shape index (κ1) is 16.2. The molecule has 0 bridgehead atoms. The van der Waals surface area contributed by atoms with Gasteiger partial charge in [0.15, 0.2) is 5.78 Å². The maximum absolute atomic E-state index is 12.5. The molecule has 120 valence electrons. The standard InChI is InChI=1S/C15H21N3O4/c1-3-22-12-6-5-11-13(18-12)14(19)10(9-17-11)15(20)16-7-4-8-21-2/h5-6,10,17H,3-4,7-9H2,1-2H3,(H,16,20). The molecule has 1 amide bonds. The molecule has 7 nitrogen and oxygen atoms in total. The molecule has 0 aromatic carbocycles. The maximum Gasteiger partial charge on any atom is 0.232 e. The van der Waals surface area contributed by atoms with Crippen molar-refractivity contribution < 1.29 is 19.1 Å². The number of nitrogens with zero attached hydrogens (tertiary/aromatic N) is 1. The van der Waals surface area contributed by atoms with Crippen LogP contribution < -0.4 is 15.4 Å². The van der Waals surface area contributed by atoms with Crippen LogP contribution in [0.25, 0.3) is 0 Å². The average Bonchev–Trinajstić information content (AvgIpc) is 2.52. The molecular formula is C15H21N3O4. The zero-order valence-corrected chi connectivity index (χ0v) is 12.8. The van der Waals surface area contributed by atoms with E-state index < -0.39 is 5.92 Å². The van der Waals surface area contributed by atoms with Gasteiger partial charge in [0.2, 0.25) is 11.8 Å². The van der Waals surface area contributed by atoms with Gasteiger partial charge in [0.25, 0.3) is 0 Å². The highest BCUT2D eigenvalue weighted by molar-refractivity contribution is 6.13. The number of aromatic nitrogens is 1. The summed E-state index contributed by atoms with van der Waals surface area (Å²) < 4.78 is 10.2. The number of anilines is 1. The predicted molar refractivity (Wildman–Crippen MR) is 81.2 cm³/mol. The lowest BCUT2D eigenvalue weighted by Crippen LogP contribution is -2.43. The van der Waals surface area contributed by atoms with Crippen molar-refractivity contribution in [2.75, 3.05) is 38.7 Å². The number of pyridine rings is 1. The molecule has 1 aliphatic rings. The van der Waals surface area contributed by atoms with Crippen LogP contribution in [0.2, 0.25) is 0 Å². The first-order valence-corrected chi connectivity index (χ1v) is 7.36. The summed E-state index contributed by atoms with van der Waals surface area (Å²) in [5, 5.41) is 5.82. The fraction of sp³-hybridized carbons (Fsp3) is 0.533. The van der Waals surface area contributed by atoms with Gasteiger partial charge in [0.1, 0.15) is 11.6 Å². The molecule has 0 radical (unpaired) electrons. The molecule has 1 aromatic heterocycles. The molecule has 22 heavy (non-hydrogen) atoms. The van der Waals surface area contributed by atoms with Crippen molar-refractivity contribution in [1.82, 2.24) is 10.3 Å². The molecule has 1 atom stereocenters. The van der Waals surface area contributed by atoms with Gasteiger partial charge >= 0.3 is 0 Å². The quantitative estimate of drug-likeness (QED) is 0.573. The first-order valence-electron chi connectivity index (χ1n) is 7.36. The third-order valence-electron chi connectivity index (χ3n) is 3.35. The Hall–Kier alpha value is -2.15. The van der Waals surface area contributed by atoms with Gasteiger partial charge in [-0.15, -0.1) is 0 Å². The largest absolute Gasteiger partial charge is 0.478 e. The minimum Gasteiger partial charge on any atom is -0.478 e. The van der Waals surface area contributed by atoms with Crippen LogP contribution in [0.3, 0.4) is 0 Å². The molecule has 0 fully saturated rings. The number of Topliss-reactive ketones (excluding diaryl/α,β-unsaturated/α-hetero) is 1. The lowest BCUT2D eigenvalue weighted by molar-refractivity contribution is -0.123. The number of ketones is 1. The van der Waals surface area contributed by atoms with Crippen LogP contribution in [-0.4, -0.2) is 50.1 Å². The Morgan fingerprint density at radius 3 is 3.05 bits per heavy atom. The van der Waals surface area contributed by atoms with Gasteiger partial charge in [-0.2, -0.15) is 0 Å². The van der Waals surface area contributed by atoms with Gasteiger partial charge < -0.3 is 20.1 Å². The summed E-state index contributed by atoms with van der Waals surface area (Å²) >= 11 is 0. The number of fused-ring (bicyclic) bond motifs is 1. The number of methoxy groups -OCH3 is 1. The summed E-state index contributed by atoms with van der Waals surface area (Å²) in [5.74, 6) is -0.945. The second-order valence-electron chi connectivity index (χ2n) is 4.91. The molecule has 2 heterocycles. The topological polar surface area (TPSA) is 89.5 Å². The fourth-order valence-electron chi connectivity index (χ4n) is 2.23. The lowest BCUT2D eigenvalue weighted by Gasteiger charge is -2.23. The van der Waals surface area contributed by atoms with Gasteiger partial charge in [0.05, 0.1) is 12.3 Å². The van der Waals surface area contributed by atoms with E-state index in [2.05, 4.69) is 15.6 Å². The Kier molecular flexibility index (Phi) is 5.71. The van der Waals surface area contributed by atoms with E-state index in [0.717, 1.165) is 0 Å². The summed E-state index contributed by atoms with van der Waals surface area (Å²) in [6, 6.07) is 3.45. The lowest BCUT2D eigenvalue weighted by atomic mass is 9.95.